The number of amides is 1. The van der Waals surface area contributed by atoms with E-state index >= 15 is 0 Å². The molecule has 4 nitrogen and oxygen atoms in total. The van der Waals surface area contributed by atoms with Crippen LogP contribution in [-0.2, 0) is 17.6 Å². The molecule has 0 spiro atoms. The molecule has 0 radical (unpaired) electrons. The molecule has 1 unspecified atom stereocenters. The topological polar surface area (TPSA) is 52.6 Å². The fraction of sp³-hybridized carbons (Fsp3) is 0.409. The summed E-state index contributed by atoms with van der Waals surface area (Å²) in [7, 11) is 0. The fourth-order valence-corrected chi connectivity index (χ4v) is 3.78. The van der Waals surface area contributed by atoms with Gasteiger partial charge in [-0.25, -0.2) is 0 Å². The summed E-state index contributed by atoms with van der Waals surface area (Å²) in [6, 6.07) is 16.8. The van der Waals surface area contributed by atoms with Gasteiger partial charge in [0.1, 0.15) is 0 Å². The standard InChI is InChI=1S/C22H28N2O2/c1-3-17-8-4-6-10-19(17)22-20-11-7-5-9-18(20)12-13-24(22)21(26)15-23-14-16(2)25/h4-11,16,22-23,25H,3,12-15H2,1-2H3/t16-,22?/m1/s1. The van der Waals surface area contributed by atoms with Crippen molar-refractivity contribution in [2.24, 2.45) is 0 Å². The normalized spacial score (nSPS) is 17.7. The zero-order chi connectivity index (χ0) is 18.5. The van der Waals surface area contributed by atoms with E-state index in [1.165, 1.54) is 22.3 Å². The number of carbonyl (C=O) groups is 1. The minimum absolute atomic E-state index is 0.0445. The SMILES string of the molecule is CCc1ccccc1C1c2ccccc2CCN1C(=O)CNC[C@@H](C)O. The van der Waals surface area contributed by atoms with E-state index in [2.05, 4.69) is 60.8 Å². The van der Waals surface area contributed by atoms with Gasteiger partial charge in [-0.05, 0) is 42.0 Å². The van der Waals surface area contributed by atoms with Crippen LogP contribution >= 0.6 is 0 Å². The van der Waals surface area contributed by atoms with Crippen LogP contribution in [0.1, 0.15) is 42.1 Å². The van der Waals surface area contributed by atoms with Gasteiger partial charge in [0, 0.05) is 13.1 Å². The minimum Gasteiger partial charge on any atom is -0.392 e. The van der Waals surface area contributed by atoms with Crippen LogP contribution in [0.3, 0.4) is 0 Å². The predicted octanol–water partition coefficient (Wildman–Crippen LogP) is 2.69. The second-order valence-electron chi connectivity index (χ2n) is 6.97. The Morgan fingerprint density at radius 3 is 2.62 bits per heavy atom. The lowest BCUT2D eigenvalue weighted by atomic mass is 9.85. The van der Waals surface area contributed by atoms with Crippen molar-refractivity contribution in [3.8, 4) is 0 Å². The number of benzene rings is 2. The minimum atomic E-state index is -0.457. The van der Waals surface area contributed by atoms with Crippen molar-refractivity contribution in [1.29, 1.82) is 0 Å². The Balaban J connectivity index is 1.95. The highest BCUT2D eigenvalue weighted by Gasteiger charge is 2.32. The molecular formula is C22H28N2O2. The molecule has 0 aliphatic carbocycles. The first-order valence-electron chi connectivity index (χ1n) is 9.45. The largest absolute Gasteiger partial charge is 0.392 e. The van der Waals surface area contributed by atoms with Crippen molar-refractivity contribution in [1.82, 2.24) is 10.2 Å². The maximum atomic E-state index is 13.0. The first kappa shape index (κ1) is 18.6. The number of fused-ring (bicyclic) bond motifs is 1. The number of aliphatic hydroxyl groups is 1. The third kappa shape index (κ3) is 3.97. The molecule has 0 fully saturated rings. The maximum absolute atomic E-state index is 13.0. The fourth-order valence-electron chi connectivity index (χ4n) is 3.78. The van der Waals surface area contributed by atoms with Crippen LogP contribution in [0.15, 0.2) is 48.5 Å². The predicted molar refractivity (Wildman–Crippen MR) is 104 cm³/mol. The second kappa shape index (κ2) is 8.47. The van der Waals surface area contributed by atoms with E-state index in [-0.39, 0.29) is 18.5 Å². The third-order valence-electron chi connectivity index (χ3n) is 5.05. The van der Waals surface area contributed by atoms with E-state index in [0.717, 1.165) is 19.4 Å². The van der Waals surface area contributed by atoms with Crippen LogP contribution in [-0.4, -0.2) is 41.7 Å². The van der Waals surface area contributed by atoms with Crippen molar-refractivity contribution in [2.45, 2.75) is 38.8 Å². The van der Waals surface area contributed by atoms with Gasteiger partial charge in [-0.3, -0.25) is 4.79 Å². The van der Waals surface area contributed by atoms with Crippen molar-refractivity contribution in [2.75, 3.05) is 19.6 Å². The van der Waals surface area contributed by atoms with Gasteiger partial charge >= 0.3 is 0 Å². The van der Waals surface area contributed by atoms with Crippen LogP contribution in [0.4, 0.5) is 0 Å². The molecule has 1 aliphatic rings. The van der Waals surface area contributed by atoms with E-state index in [9.17, 15) is 9.90 Å². The second-order valence-corrected chi connectivity index (χ2v) is 6.97. The average molecular weight is 352 g/mol. The Labute approximate surface area is 155 Å². The molecule has 2 aromatic rings. The van der Waals surface area contributed by atoms with Gasteiger partial charge in [0.15, 0.2) is 0 Å². The van der Waals surface area contributed by atoms with E-state index in [1.54, 1.807) is 6.92 Å². The van der Waals surface area contributed by atoms with E-state index in [1.807, 2.05) is 4.90 Å². The van der Waals surface area contributed by atoms with E-state index in [0.29, 0.717) is 6.54 Å². The lowest BCUT2D eigenvalue weighted by Gasteiger charge is -2.38. The molecule has 3 rings (SSSR count). The van der Waals surface area contributed by atoms with Crippen molar-refractivity contribution < 1.29 is 9.90 Å². The van der Waals surface area contributed by atoms with Gasteiger partial charge in [-0.1, -0.05) is 55.5 Å². The molecule has 2 aromatic carbocycles. The number of aryl methyl sites for hydroxylation is 1. The highest BCUT2D eigenvalue weighted by molar-refractivity contribution is 5.80. The van der Waals surface area contributed by atoms with Gasteiger partial charge in [-0.15, -0.1) is 0 Å². The van der Waals surface area contributed by atoms with Crippen LogP contribution in [0, 0.1) is 0 Å². The Kier molecular flexibility index (Phi) is 6.07. The Bertz CT molecular complexity index is 757. The summed E-state index contributed by atoms with van der Waals surface area (Å²) in [5, 5.41) is 12.5. The summed E-state index contributed by atoms with van der Waals surface area (Å²) in [5.74, 6) is 0.0797. The van der Waals surface area contributed by atoms with Crippen molar-refractivity contribution in [3.63, 3.8) is 0 Å². The van der Waals surface area contributed by atoms with Gasteiger partial charge in [0.25, 0.3) is 0 Å². The number of nitrogens with one attached hydrogen (secondary N) is 1. The van der Waals surface area contributed by atoms with Gasteiger partial charge in [0.05, 0.1) is 18.7 Å². The summed E-state index contributed by atoms with van der Waals surface area (Å²) in [4.78, 5) is 14.9. The highest BCUT2D eigenvalue weighted by Crippen LogP contribution is 2.36. The Hall–Kier alpha value is -2.17. The summed E-state index contributed by atoms with van der Waals surface area (Å²) >= 11 is 0. The van der Waals surface area contributed by atoms with E-state index < -0.39 is 6.10 Å². The van der Waals surface area contributed by atoms with E-state index in [4.69, 9.17) is 0 Å². The highest BCUT2D eigenvalue weighted by atomic mass is 16.3. The average Bonchev–Trinajstić information content (AvgIpc) is 2.66. The Morgan fingerprint density at radius 1 is 1.19 bits per heavy atom. The number of nitrogens with zero attached hydrogens (tertiary/aromatic N) is 1. The number of hydrogen-bond donors (Lipinski definition) is 2. The molecule has 0 aromatic heterocycles. The lowest BCUT2D eigenvalue weighted by molar-refractivity contribution is -0.132. The molecule has 2 N–H and O–H groups in total. The smallest absolute Gasteiger partial charge is 0.237 e. The van der Waals surface area contributed by atoms with Crippen LogP contribution in [0.2, 0.25) is 0 Å². The molecule has 4 heteroatoms. The summed E-state index contributed by atoms with van der Waals surface area (Å²) in [6.07, 6.45) is 1.36. The molecule has 0 saturated carbocycles. The van der Waals surface area contributed by atoms with Crippen LogP contribution in [0.5, 0.6) is 0 Å². The molecule has 0 saturated heterocycles. The molecule has 138 valence electrons. The number of hydrogen-bond acceptors (Lipinski definition) is 3. The van der Waals surface area contributed by atoms with Gasteiger partial charge in [-0.2, -0.15) is 0 Å². The van der Waals surface area contributed by atoms with Crippen molar-refractivity contribution in [3.05, 3.63) is 70.8 Å². The molecule has 1 aliphatic heterocycles. The van der Waals surface area contributed by atoms with Crippen molar-refractivity contribution >= 4 is 5.91 Å². The van der Waals surface area contributed by atoms with Crippen LogP contribution < -0.4 is 5.32 Å². The number of carbonyl (C=O) groups excluding carboxylic acids is 1. The van der Waals surface area contributed by atoms with Gasteiger partial charge < -0.3 is 15.3 Å². The zero-order valence-corrected chi connectivity index (χ0v) is 15.6. The number of rotatable bonds is 6. The first-order chi connectivity index (χ1) is 12.6. The summed E-state index contributed by atoms with van der Waals surface area (Å²) in [6.45, 7) is 5.26. The van der Waals surface area contributed by atoms with Gasteiger partial charge in [0.2, 0.25) is 5.91 Å². The molecule has 1 heterocycles. The quantitative estimate of drug-likeness (QED) is 0.840. The number of aliphatic hydroxyl groups excluding tert-OH is 1. The monoisotopic (exact) mass is 352 g/mol. The summed E-state index contributed by atoms with van der Waals surface area (Å²) < 4.78 is 0. The Morgan fingerprint density at radius 2 is 1.88 bits per heavy atom. The molecule has 26 heavy (non-hydrogen) atoms. The zero-order valence-electron chi connectivity index (χ0n) is 15.6. The summed E-state index contributed by atoms with van der Waals surface area (Å²) in [5.41, 5.74) is 5.04. The molecular weight excluding hydrogens is 324 g/mol. The molecule has 2 atom stereocenters. The maximum Gasteiger partial charge on any atom is 0.237 e. The molecule has 1 amide bonds. The third-order valence-corrected chi connectivity index (χ3v) is 5.05. The van der Waals surface area contributed by atoms with Crippen LogP contribution in [0.25, 0.3) is 0 Å². The first-order valence-corrected chi connectivity index (χ1v) is 9.45. The lowest BCUT2D eigenvalue weighted by Crippen LogP contribution is -2.45. The molecule has 0 bridgehead atoms.